The number of aliphatic hydroxyl groups is 2. The van der Waals surface area contributed by atoms with Crippen LogP contribution < -0.4 is 0 Å². The third-order valence-corrected chi connectivity index (χ3v) is 4.89. The normalized spacial score (nSPS) is 12.7. The average molecular weight is 355 g/mol. The number of phenolic OH excluding ortho intramolecular Hbond substituents is 1. The summed E-state index contributed by atoms with van der Waals surface area (Å²) in [7, 11) is 0. The third-order valence-electron chi connectivity index (χ3n) is 4.89. The lowest BCUT2D eigenvalue weighted by Crippen LogP contribution is -2.27. The topological polar surface area (TPSA) is 91.4 Å². The van der Waals surface area contributed by atoms with E-state index in [4.69, 9.17) is 0 Å². The molecule has 0 amide bonds. The molecule has 0 bridgehead atoms. The van der Waals surface area contributed by atoms with Crippen molar-refractivity contribution in [2.75, 3.05) is 13.2 Å². The van der Waals surface area contributed by atoms with Crippen LogP contribution in [-0.4, -0.2) is 43.5 Å². The third kappa shape index (κ3) is 3.06. The molecule has 0 radical (unpaired) electrons. The smallest absolute Gasteiger partial charge is 0.146 e. The van der Waals surface area contributed by atoms with Crippen LogP contribution in [0.4, 0.5) is 0 Å². The molecule has 2 aromatic carbocycles. The van der Waals surface area contributed by atoms with Crippen LogP contribution in [0.15, 0.2) is 36.4 Å². The van der Waals surface area contributed by atoms with Gasteiger partial charge in [-0.25, -0.2) is 0 Å². The van der Waals surface area contributed by atoms with Gasteiger partial charge in [0.15, 0.2) is 0 Å². The Labute approximate surface area is 152 Å². The Morgan fingerprint density at radius 3 is 1.92 bits per heavy atom. The van der Waals surface area contributed by atoms with E-state index >= 15 is 0 Å². The van der Waals surface area contributed by atoms with Crippen LogP contribution in [0, 0.1) is 0 Å². The average Bonchev–Trinajstić information content (AvgIpc) is 3.05. The van der Waals surface area contributed by atoms with Gasteiger partial charge in [-0.3, -0.25) is 0 Å². The SMILES string of the molecule is CC(C)(CO)c1cc(-n2nc3ccccc3n2)c(O)c(C(C)(C)CO)c1. The number of rotatable bonds is 5. The molecule has 0 atom stereocenters. The highest BCUT2D eigenvalue weighted by atomic mass is 16.3. The van der Waals surface area contributed by atoms with Crippen molar-refractivity contribution in [2.45, 2.75) is 38.5 Å². The summed E-state index contributed by atoms with van der Waals surface area (Å²) in [6.07, 6.45) is 0. The van der Waals surface area contributed by atoms with Crippen LogP contribution in [0.3, 0.4) is 0 Å². The molecule has 3 aromatic rings. The molecule has 6 heteroatoms. The van der Waals surface area contributed by atoms with E-state index in [-0.39, 0.29) is 19.0 Å². The van der Waals surface area contributed by atoms with Gasteiger partial charge in [0.1, 0.15) is 22.5 Å². The molecule has 0 fully saturated rings. The Hall–Kier alpha value is -2.44. The van der Waals surface area contributed by atoms with Gasteiger partial charge in [-0.05, 0) is 23.8 Å². The minimum atomic E-state index is -0.660. The first-order chi connectivity index (χ1) is 12.2. The lowest BCUT2D eigenvalue weighted by molar-refractivity contribution is 0.211. The van der Waals surface area contributed by atoms with E-state index in [1.54, 1.807) is 6.07 Å². The van der Waals surface area contributed by atoms with Crippen LogP contribution >= 0.6 is 0 Å². The number of phenols is 1. The van der Waals surface area contributed by atoms with Gasteiger partial charge in [0.2, 0.25) is 0 Å². The van der Waals surface area contributed by atoms with E-state index < -0.39 is 10.8 Å². The number of aromatic nitrogens is 3. The molecule has 1 aromatic heterocycles. The molecule has 0 saturated heterocycles. The zero-order chi connectivity index (χ0) is 19.1. The van der Waals surface area contributed by atoms with E-state index in [0.29, 0.717) is 11.3 Å². The second kappa shape index (κ2) is 6.37. The number of fused-ring (bicyclic) bond motifs is 1. The van der Waals surface area contributed by atoms with Crippen LogP contribution in [0.2, 0.25) is 0 Å². The molecule has 1 heterocycles. The van der Waals surface area contributed by atoms with Crippen molar-refractivity contribution in [1.29, 1.82) is 0 Å². The summed E-state index contributed by atoms with van der Waals surface area (Å²) >= 11 is 0. The van der Waals surface area contributed by atoms with Crippen LogP contribution in [-0.2, 0) is 10.8 Å². The first-order valence-electron chi connectivity index (χ1n) is 8.62. The zero-order valence-electron chi connectivity index (χ0n) is 15.6. The molecular formula is C20H25N3O3. The van der Waals surface area contributed by atoms with E-state index in [2.05, 4.69) is 10.2 Å². The zero-order valence-corrected chi connectivity index (χ0v) is 15.6. The summed E-state index contributed by atoms with van der Waals surface area (Å²) in [6, 6.07) is 11.1. The van der Waals surface area contributed by atoms with Gasteiger partial charge < -0.3 is 15.3 Å². The van der Waals surface area contributed by atoms with Crippen molar-refractivity contribution < 1.29 is 15.3 Å². The summed E-state index contributed by atoms with van der Waals surface area (Å²) < 4.78 is 0. The molecule has 0 aliphatic heterocycles. The maximum atomic E-state index is 10.9. The van der Waals surface area contributed by atoms with E-state index in [0.717, 1.165) is 16.6 Å². The second-order valence-corrected chi connectivity index (χ2v) is 7.95. The summed E-state index contributed by atoms with van der Waals surface area (Å²) in [6.45, 7) is 7.38. The molecule has 3 rings (SSSR count). The van der Waals surface area contributed by atoms with E-state index in [9.17, 15) is 15.3 Å². The molecule has 26 heavy (non-hydrogen) atoms. The molecule has 3 N–H and O–H groups in total. The summed E-state index contributed by atoms with van der Waals surface area (Å²) in [5, 5.41) is 39.4. The van der Waals surface area contributed by atoms with Crippen molar-refractivity contribution in [3.05, 3.63) is 47.5 Å². The van der Waals surface area contributed by atoms with Gasteiger partial charge in [-0.15, -0.1) is 15.0 Å². The number of nitrogens with zero attached hydrogens (tertiary/aromatic N) is 3. The highest BCUT2D eigenvalue weighted by molar-refractivity contribution is 5.73. The Bertz CT molecular complexity index is 912. The standard InChI is InChI=1S/C20H25N3O3/c1-19(2,11-24)13-9-14(20(3,4)12-25)18(26)17(10-13)23-21-15-7-5-6-8-16(15)22-23/h5-10,24-26H,11-12H2,1-4H3. The first-order valence-corrected chi connectivity index (χ1v) is 8.62. The highest BCUT2D eigenvalue weighted by Crippen LogP contribution is 2.39. The van der Waals surface area contributed by atoms with Crippen molar-refractivity contribution in [2.24, 2.45) is 0 Å². The van der Waals surface area contributed by atoms with Gasteiger partial charge in [-0.2, -0.15) is 0 Å². The van der Waals surface area contributed by atoms with Crippen LogP contribution in [0.25, 0.3) is 16.7 Å². The fraction of sp³-hybridized carbons (Fsp3) is 0.400. The largest absolute Gasteiger partial charge is 0.505 e. The van der Waals surface area contributed by atoms with Crippen molar-refractivity contribution >= 4 is 11.0 Å². The van der Waals surface area contributed by atoms with E-state index in [1.807, 2.05) is 58.0 Å². The fourth-order valence-electron chi connectivity index (χ4n) is 2.82. The number of hydrogen-bond donors (Lipinski definition) is 3. The molecule has 0 aliphatic rings. The molecule has 6 nitrogen and oxygen atoms in total. The highest BCUT2D eigenvalue weighted by Gasteiger charge is 2.30. The molecular weight excluding hydrogens is 330 g/mol. The number of hydrogen-bond acceptors (Lipinski definition) is 5. The maximum absolute atomic E-state index is 10.9. The van der Waals surface area contributed by atoms with Gasteiger partial charge in [-0.1, -0.05) is 45.9 Å². The Kier molecular flexibility index (Phi) is 4.50. The quantitative estimate of drug-likeness (QED) is 0.654. The molecule has 0 unspecified atom stereocenters. The van der Waals surface area contributed by atoms with Crippen LogP contribution in [0.1, 0.15) is 38.8 Å². The summed E-state index contributed by atoms with van der Waals surface area (Å²) in [4.78, 5) is 1.41. The van der Waals surface area contributed by atoms with Gasteiger partial charge in [0, 0.05) is 16.4 Å². The predicted molar refractivity (Wildman–Crippen MR) is 101 cm³/mol. The minimum Gasteiger partial charge on any atom is -0.505 e. The Morgan fingerprint density at radius 1 is 0.885 bits per heavy atom. The lowest BCUT2D eigenvalue weighted by atomic mass is 9.78. The Morgan fingerprint density at radius 2 is 1.42 bits per heavy atom. The monoisotopic (exact) mass is 355 g/mol. The van der Waals surface area contributed by atoms with Gasteiger partial charge in [0.25, 0.3) is 0 Å². The second-order valence-electron chi connectivity index (χ2n) is 7.95. The Balaban J connectivity index is 2.29. The summed E-state index contributed by atoms with van der Waals surface area (Å²) in [5.74, 6) is 0.0295. The molecule has 0 aliphatic carbocycles. The van der Waals surface area contributed by atoms with Crippen molar-refractivity contribution in [1.82, 2.24) is 15.0 Å². The lowest BCUT2D eigenvalue weighted by Gasteiger charge is -2.29. The fourth-order valence-corrected chi connectivity index (χ4v) is 2.82. The van der Waals surface area contributed by atoms with Gasteiger partial charge >= 0.3 is 0 Å². The van der Waals surface area contributed by atoms with Crippen LogP contribution in [0.5, 0.6) is 5.75 Å². The predicted octanol–water partition coefficient (Wildman–Crippen LogP) is 2.67. The maximum Gasteiger partial charge on any atom is 0.146 e. The van der Waals surface area contributed by atoms with Crippen molar-refractivity contribution in [3.63, 3.8) is 0 Å². The minimum absolute atomic E-state index is 0.0295. The van der Waals surface area contributed by atoms with E-state index in [1.165, 1.54) is 4.80 Å². The molecule has 0 saturated carbocycles. The van der Waals surface area contributed by atoms with Gasteiger partial charge in [0.05, 0.1) is 13.2 Å². The first kappa shape index (κ1) is 18.4. The number of aromatic hydroxyl groups is 1. The molecule has 0 spiro atoms. The summed E-state index contributed by atoms with van der Waals surface area (Å²) in [5.41, 5.74) is 2.13. The van der Waals surface area contributed by atoms with Crippen molar-refractivity contribution in [3.8, 4) is 11.4 Å². The number of benzene rings is 2. The number of aliphatic hydroxyl groups excluding tert-OH is 2. The molecule has 138 valence electrons.